The van der Waals surface area contributed by atoms with Crippen molar-refractivity contribution in [1.29, 1.82) is 0 Å². The Bertz CT molecular complexity index is 1150. The molecule has 0 aliphatic rings. The fourth-order valence-electron chi connectivity index (χ4n) is 2.60. The van der Waals surface area contributed by atoms with E-state index in [2.05, 4.69) is 15.3 Å². The molecule has 7 nitrogen and oxygen atoms in total. The zero-order valence-electron chi connectivity index (χ0n) is 14.9. The van der Waals surface area contributed by atoms with E-state index in [9.17, 15) is 21.6 Å². The number of nitrogens with zero attached hydrogens (tertiary/aromatic N) is 2. The number of benzene rings is 2. The second-order valence-corrected chi connectivity index (χ2v) is 7.65. The van der Waals surface area contributed by atoms with Crippen LogP contribution in [0.3, 0.4) is 0 Å². The van der Waals surface area contributed by atoms with Gasteiger partial charge in [0.15, 0.2) is 17.5 Å². The predicted octanol–water partition coefficient (Wildman–Crippen LogP) is 2.45. The number of hydrogen-bond donors (Lipinski definition) is 3. The zero-order valence-corrected chi connectivity index (χ0v) is 15.7. The van der Waals surface area contributed by atoms with Crippen LogP contribution in [-0.4, -0.2) is 24.9 Å². The summed E-state index contributed by atoms with van der Waals surface area (Å²) in [6, 6.07) is 9.26. The molecule has 0 bridgehead atoms. The zero-order chi connectivity index (χ0) is 21.2. The van der Waals surface area contributed by atoms with Crippen LogP contribution < -0.4 is 16.2 Å². The van der Waals surface area contributed by atoms with Crippen molar-refractivity contribution in [3.63, 3.8) is 0 Å². The average molecular weight is 423 g/mol. The molecule has 3 rings (SSSR count). The SMILES string of the molecule is Nc1nc(NCCc2ccc(S(N)(=O)=O)cc2)cc(-c2ccc(F)c(F)c2F)n1. The van der Waals surface area contributed by atoms with E-state index in [-0.39, 0.29) is 27.9 Å². The molecule has 0 aliphatic heterocycles. The van der Waals surface area contributed by atoms with E-state index in [1.807, 2.05) is 0 Å². The fourth-order valence-corrected chi connectivity index (χ4v) is 3.11. The minimum atomic E-state index is -3.76. The van der Waals surface area contributed by atoms with E-state index in [1.54, 1.807) is 12.1 Å². The van der Waals surface area contributed by atoms with Gasteiger partial charge in [-0.2, -0.15) is 4.98 Å². The second-order valence-electron chi connectivity index (χ2n) is 6.09. The lowest BCUT2D eigenvalue weighted by molar-refractivity contribution is 0.449. The van der Waals surface area contributed by atoms with Crippen molar-refractivity contribution in [1.82, 2.24) is 9.97 Å². The summed E-state index contributed by atoms with van der Waals surface area (Å²) in [5.74, 6) is -4.19. The van der Waals surface area contributed by atoms with E-state index < -0.39 is 27.5 Å². The Labute approximate surface area is 164 Å². The normalized spacial score (nSPS) is 11.4. The highest BCUT2D eigenvalue weighted by Gasteiger charge is 2.17. The van der Waals surface area contributed by atoms with E-state index in [0.717, 1.165) is 17.7 Å². The third-order valence-corrected chi connectivity index (χ3v) is 4.96. The molecule has 0 saturated heterocycles. The van der Waals surface area contributed by atoms with Gasteiger partial charge in [0.05, 0.1) is 10.6 Å². The summed E-state index contributed by atoms with van der Waals surface area (Å²) in [4.78, 5) is 7.85. The summed E-state index contributed by atoms with van der Waals surface area (Å²) >= 11 is 0. The number of primary sulfonamides is 1. The number of halogens is 3. The Morgan fingerprint density at radius 3 is 2.31 bits per heavy atom. The van der Waals surface area contributed by atoms with Gasteiger partial charge in [0.25, 0.3) is 0 Å². The topological polar surface area (TPSA) is 124 Å². The molecule has 1 aromatic heterocycles. The number of nitrogens with one attached hydrogen (secondary N) is 1. The largest absolute Gasteiger partial charge is 0.370 e. The Morgan fingerprint density at radius 2 is 1.66 bits per heavy atom. The Morgan fingerprint density at radius 1 is 0.966 bits per heavy atom. The smallest absolute Gasteiger partial charge is 0.238 e. The molecule has 0 atom stereocenters. The number of rotatable bonds is 6. The Kier molecular flexibility index (Phi) is 5.71. The van der Waals surface area contributed by atoms with E-state index in [1.165, 1.54) is 18.2 Å². The van der Waals surface area contributed by atoms with Gasteiger partial charge < -0.3 is 11.1 Å². The molecule has 0 fully saturated rings. The number of hydrogen-bond acceptors (Lipinski definition) is 6. The fraction of sp³-hybridized carbons (Fsp3) is 0.111. The Balaban J connectivity index is 1.73. The summed E-state index contributed by atoms with van der Waals surface area (Å²) in [5.41, 5.74) is 6.21. The van der Waals surface area contributed by atoms with Crippen LogP contribution in [0.4, 0.5) is 24.9 Å². The molecule has 2 aromatic carbocycles. The predicted molar refractivity (Wildman–Crippen MR) is 102 cm³/mol. The van der Waals surface area contributed by atoms with Gasteiger partial charge in [-0.1, -0.05) is 12.1 Å². The summed E-state index contributed by atoms with van der Waals surface area (Å²) in [5, 5.41) is 8.02. The van der Waals surface area contributed by atoms with Crippen LogP contribution in [0.15, 0.2) is 47.4 Å². The van der Waals surface area contributed by atoms with Crippen LogP contribution in [-0.2, 0) is 16.4 Å². The van der Waals surface area contributed by atoms with Crippen LogP contribution >= 0.6 is 0 Å². The third-order valence-electron chi connectivity index (χ3n) is 4.03. The van der Waals surface area contributed by atoms with Gasteiger partial charge >= 0.3 is 0 Å². The lowest BCUT2D eigenvalue weighted by atomic mass is 10.1. The summed E-state index contributed by atoms with van der Waals surface area (Å²) < 4.78 is 63.1. The van der Waals surface area contributed by atoms with Crippen LogP contribution in [0.5, 0.6) is 0 Å². The van der Waals surface area contributed by atoms with E-state index >= 15 is 0 Å². The van der Waals surface area contributed by atoms with Gasteiger partial charge in [-0.3, -0.25) is 0 Å². The van der Waals surface area contributed by atoms with Gasteiger partial charge in [-0.05, 0) is 36.2 Å². The van der Waals surface area contributed by atoms with Crippen molar-refractivity contribution in [3.05, 3.63) is 65.5 Å². The molecule has 152 valence electrons. The summed E-state index contributed by atoms with van der Waals surface area (Å²) in [6.45, 7) is 0.380. The van der Waals surface area contributed by atoms with Crippen molar-refractivity contribution in [2.75, 3.05) is 17.6 Å². The Hall–Kier alpha value is -3.18. The van der Waals surface area contributed by atoms with Gasteiger partial charge in [-0.25, -0.2) is 31.7 Å². The average Bonchev–Trinajstić information content (AvgIpc) is 2.65. The number of aromatic nitrogens is 2. The molecule has 0 unspecified atom stereocenters. The third kappa shape index (κ3) is 4.81. The van der Waals surface area contributed by atoms with Crippen molar-refractivity contribution in [2.24, 2.45) is 5.14 Å². The number of nitrogens with two attached hydrogens (primary N) is 2. The molecule has 0 spiro atoms. The van der Waals surface area contributed by atoms with Crippen molar-refractivity contribution in [2.45, 2.75) is 11.3 Å². The first-order chi connectivity index (χ1) is 13.6. The van der Waals surface area contributed by atoms with Crippen LogP contribution in [0, 0.1) is 17.5 Å². The van der Waals surface area contributed by atoms with E-state index in [4.69, 9.17) is 10.9 Å². The summed E-state index contributed by atoms with van der Waals surface area (Å²) in [6.07, 6.45) is 0.504. The van der Waals surface area contributed by atoms with Crippen LogP contribution in [0.25, 0.3) is 11.3 Å². The summed E-state index contributed by atoms with van der Waals surface area (Å²) in [7, 11) is -3.76. The van der Waals surface area contributed by atoms with Gasteiger partial charge in [0.2, 0.25) is 16.0 Å². The molecule has 0 radical (unpaired) electrons. The minimum absolute atomic E-state index is 0.00564. The molecular weight excluding hydrogens is 407 g/mol. The standard InChI is InChI=1S/C18H16F3N5O2S/c19-13-6-5-12(16(20)17(13)21)14-9-15(26-18(22)25-14)24-8-7-10-1-3-11(4-2-10)29(23,27)28/h1-6,9H,7-8H2,(H2,23,27,28)(H3,22,24,25,26). The number of nitrogen functional groups attached to an aromatic ring is 1. The van der Waals surface area contributed by atoms with Crippen LogP contribution in [0.2, 0.25) is 0 Å². The number of sulfonamides is 1. The minimum Gasteiger partial charge on any atom is -0.370 e. The second kappa shape index (κ2) is 8.05. The first kappa shape index (κ1) is 20.6. The molecule has 0 saturated carbocycles. The highest BCUT2D eigenvalue weighted by Crippen LogP contribution is 2.26. The van der Waals surface area contributed by atoms with Crippen LogP contribution in [0.1, 0.15) is 5.56 Å². The molecule has 3 aromatic rings. The highest BCUT2D eigenvalue weighted by atomic mass is 32.2. The van der Waals surface area contributed by atoms with Crippen molar-refractivity contribution < 1.29 is 21.6 Å². The lowest BCUT2D eigenvalue weighted by Crippen LogP contribution is -2.12. The molecular formula is C18H16F3N5O2S. The maximum Gasteiger partial charge on any atom is 0.238 e. The maximum absolute atomic E-state index is 14.0. The lowest BCUT2D eigenvalue weighted by Gasteiger charge is -2.10. The van der Waals surface area contributed by atoms with E-state index in [0.29, 0.717) is 13.0 Å². The first-order valence-electron chi connectivity index (χ1n) is 8.29. The van der Waals surface area contributed by atoms with Gasteiger partial charge in [0.1, 0.15) is 5.82 Å². The molecule has 5 N–H and O–H groups in total. The monoisotopic (exact) mass is 423 g/mol. The first-order valence-corrected chi connectivity index (χ1v) is 9.84. The molecule has 29 heavy (non-hydrogen) atoms. The molecule has 0 amide bonds. The quantitative estimate of drug-likeness (QED) is 0.523. The van der Waals surface area contributed by atoms with Gasteiger partial charge in [-0.15, -0.1) is 0 Å². The molecule has 11 heteroatoms. The van der Waals surface area contributed by atoms with Crippen molar-refractivity contribution >= 4 is 21.8 Å². The van der Waals surface area contributed by atoms with Crippen molar-refractivity contribution in [3.8, 4) is 11.3 Å². The highest BCUT2D eigenvalue weighted by molar-refractivity contribution is 7.89. The molecule has 1 heterocycles. The molecule has 0 aliphatic carbocycles. The maximum atomic E-state index is 14.0. The van der Waals surface area contributed by atoms with Gasteiger partial charge in [0, 0.05) is 18.2 Å². The number of anilines is 2.